The lowest BCUT2D eigenvalue weighted by atomic mass is 9.89. The number of sulfonamides is 1. The predicted molar refractivity (Wildman–Crippen MR) is 94.9 cm³/mol. The summed E-state index contributed by atoms with van der Waals surface area (Å²) in [5, 5.41) is 9.97. The van der Waals surface area contributed by atoms with Crippen LogP contribution in [0.15, 0.2) is 10.7 Å². The zero-order valence-corrected chi connectivity index (χ0v) is 16.4. The molecule has 0 bridgehead atoms. The highest BCUT2D eigenvalue weighted by Gasteiger charge is 2.43. The lowest BCUT2D eigenvalue weighted by molar-refractivity contribution is -0.766. The van der Waals surface area contributed by atoms with Crippen molar-refractivity contribution >= 4 is 21.8 Å². The number of hydrogen-bond acceptors (Lipinski definition) is 6. The molecule has 2 fully saturated rings. The van der Waals surface area contributed by atoms with Gasteiger partial charge in [-0.15, -0.1) is 5.01 Å². The van der Waals surface area contributed by atoms with Gasteiger partial charge in [-0.3, -0.25) is 0 Å². The Kier molecular flexibility index (Phi) is 5.25. The molecule has 2 aliphatic rings. The molecule has 9 nitrogen and oxygen atoms in total. The normalized spacial score (nSPS) is 22.3. The van der Waals surface area contributed by atoms with Crippen LogP contribution in [0.3, 0.4) is 0 Å². The van der Waals surface area contributed by atoms with E-state index in [1.165, 1.54) is 21.8 Å². The Morgan fingerprint density at radius 1 is 1.31 bits per heavy atom. The molecule has 0 aromatic carbocycles. The fraction of sp³-hybridized carbons (Fsp3) is 0.812. The molecular formula is C16H27N5O4S. The molecule has 2 heterocycles. The van der Waals surface area contributed by atoms with Crippen LogP contribution in [0.1, 0.15) is 46.0 Å². The molecule has 0 unspecified atom stereocenters. The molecular weight excluding hydrogens is 358 g/mol. The third-order valence-electron chi connectivity index (χ3n) is 5.16. The van der Waals surface area contributed by atoms with E-state index in [0.29, 0.717) is 19.6 Å². The Labute approximate surface area is 154 Å². The van der Waals surface area contributed by atoms with E-state index in [0.717, 1.165) is 25.7 Å². The van der Waals surface area contributed by atoms with Crippen molar-refractivity contribution < 1.29 is 22.5 Å². The summed E-state index contributed by atoms with van der Waals surface area (Å²) in [5.41, 5.74) is -0.479. The van der Waals surface area contributed by atoms with Gasteiger partial charge in [-0.1, -0.05) is 19.3 Å². The van der Waals surface area contributed by atoms with Crippen molar-refractivity contribution in [2.24, 2.45) is 5.92 Å². The van der Waals surface area contributed by atoms with Gasteiger partial charge in [-0.25, -0.2) is 8.42 Å². The second kappa shape index (κ2) is 7.15. The molecule has 26 heavy (non-hydrogen) atoms. The van der Waals surface area contributed by atoms with Crippen molar-refractivity contribution in [2.75, 3.05) is 30.9 Å². The fourth-order valence-electron chi connectivity index (χ4n) is 3.71. The minimum Gasteiger partial charge on any atom is -0.588 e. The summed E-state index contributed by atoms with van der Waals surface area (Å²) in [6.07, 6.45) is 7.89. The summed E-state index contributed by atoms with van der Waals surface area (Å²) in [6.45, 7) is 5.06. The fourth-order valence-corrected chi connectivity index (χ4v) is 4.67. The first-order valence-electron chi connectivity index (χ1n) is 9.04. The molecule has 146 valence electrons. The first-order valence-corrected chi connectivity index (χ1v) is 10.9. The van der Waals surface area contributed by atoms with Crippen LogP contribution in [0, 0.1) is 5.92 Å². The molecule has 3 rings (SSSR count). The Balaban J connectivity index is 1.66. The van der Waals surface area contributed by atoms with E-state index in [9.17, 15) is 13.2 Å². The summed E-state index contributed by atoms with van der Waals surface area (Å²) in [5.74, 6) is 0.0214. The Bertz CT molecular complexity index is 754. The molecule has 1 saturated carbocycles. The van der Waals surface area contributed by atoms with Crippen LogP contribution >= 0.6 is 0 Å². The highest BCUT2D eigenvalue weighted by atomic mass is 32.2. The van der Waals surface area contributed by atoms with Crippen molar-refractivity contribution in [1.82, 2.24) is 9.58 Å². The van der Waals surface area contributed by atoms with Crippen LogP contribution in [0.4, 0.5) is 5.88 Å². The summed E-state index contributed by atoms with van der Waals surface area (Å²) in [7, 11) is -3.24. The van der Waals surface area contributed by atoms with E-state index in [4.69, 9.17) is 4.52 Å². The Hall–Kier alpha value is -1.68. The van der Waals surface area contributed by atoms with Gasteiger partial charge in [-0.2, -0.15) is 4.31 Å². The van der Waals surface area contributed by atoms with Crippen molar-refractivity contribution in [2.45, 2.75) is 51.5 Å². The molecule has 1 aliphatic heterocycles. The largest absolute Gasteiger partial charge is 0.588 e. The van der Waals surface area contributed by atoms with Gasteiger partial charge in [0.25, 0.3) is 6.20 Å². The molecule has 0 radical (unpaired) electrons. The number of amides is 1. The molecule has 1 aromatic rings. The second-order valence-corrected chi connectivity index (χ2v) is 9.76. The smallest absolute Gasteiger partial charge is 0.257 e. The van der Waals surface area contributed by atoms with Crippen LogP contribution in [0.5, 0.6) is 0 Å². The van der Waals surface area contributed by atoms with E-state index in [2.05, 4.69) is 10.6 Å². The Morgan fingerprint density at radius 2 is 2.00 bits per heavy atom. The topological polar surface area (TPSA) is 102 Å². The van der Waals surface area contributed by atoms with E-state index >= 15 is 0 Å². The van der Waals surface area contributed by atoms with Crippen LogP contribution in [-0.4, -0.2) is 55.3 Å². The molecule has 1 aliphatic carbocycles. The molecule has 1 amide bonds. The average molecular weight is 385 g/mol. The Morgan fingerprint density at radius 3 is 2.62 bits per heavy atom. The van der Waals surface area contributed by atoms with Gasteiger partial charge >= 0.3 is 0 Å². The number of nitrogens with zero attached hydrogens (tertiary/aromatic N) is 5. The SMILES string of the molecule is CC1(C)CN(S(C)(=O)=O)CCN1[n+]1cc([N-]C(=O)C2CCCCC2)on1. The maximum atomic E-state index is 12.3. The molecule has 0 atom stereocenters. The number of hydrogen-bond donors (Lipinski definition) is 0. The molecule has 1 saturated heterocycles. The van der Waals surface area contributed by atoms with E-state index in [-0.39, 0.29) is 17.7 Å². The maximum Gasteiger partial charge on any atom is 0.257 e. The summed E-state index contributed by atoms with van der Waals surface area (Å²) < 4.78 is 30.3. The first-order chi connectivity index (χ1) is 12.2. The molecule has 0 spiro atoms. The van der Waals surface area contributed by atoms with E-state index in [1.807, 2.05) is 18.9 Å². The van der Waals surface area contributed by atoms with Crippen LogP contribution in [0.2, 0.25) is 0 Å². The van der Waals surface area contributed by atoms with Gasteiger partial charge in [0.2, 0.25) is 15.3 Å². The lowest BCUT2D eigenvalue weighted by Gasteiger charge is -2.40. The van der Waals surface area contributed by atoms with Gasteiger partial charge in [0.05, 0.1) is 23.5 Å². The summed E-state index contributed by atoms with van der Waals surface area (Å²) >= 11 is 0. The lowest BCUT2D eigenvalue weighted by Crippen LogP contribution is -2.74. The quantitative estimate of drug-likeness (QED) is 0.719. The molecule has 1 aromatic heterocycles. The standard InChI is InChI=1S/C16H27N5O4S/c1-16(2)12-19(26(3,23)24)9-10-20(16)21-11-14(25-18-21)17-15(22)13-7-5-4-6-8-13/h11,13H,4-10,12H2,1-3H3. The second-order valence-electron chi connectivity index (χ2n) is 7.78. The summed E-state index contributed by atoms with van der Waals surface area (Å²) in [6, 6.07) is 0. The van der Waals surface area contributed by atoms with Gasteiger partial charge < -0.3 is 14.6 Å². The van der Waals surface area contributed by atoms with E-state index < -0.39 is 15.6 Å². The van der Waals surface area contributed by atoms with Crippen molar-refractivity contribution in [3.8, 4) is 0 Å². The number of carbonyl (C=O) groups excluding carboxylic acids is 1. The monoisotopic (exact) mass is 385 g/mol. The minimum absolute atomic E-state index is 0.0166. The number of rotatable bonds is 4. The van der Waals surface area contributed by atoms with Crippen LogP contribution < -0.4 is 9.80 Å². The number of carbonyl (C=O) groups is 1. The van der Waals surface area contributed by atoms with Gasteiger partial charge in [0.15, 0.2) is 0 Å². The van der Waals surface area contributed by atoms with Crippen molar-refractivity contribution in [3.63, 3.8) is 0 Å². The van der Waals surface area contributed by atoms with Crippen LogP contribution in [0.25, 0.3) is 5.32 Å². The number of aromatic nitrogens is 2. The van der Waals surface area contributed by atoms with Crippen molar-refractivity contribution in [3.05, 3.63) is 11.5 Å². The zero-order chi connectivity index (χ0) is 18.9. The summed E-state index contributed by atoms with van der Waals surface area (Å²) in [4.78, 5) is 13.8. The van der Waals surface area contributed by atoms with Gasteiger partial charge in [0, 0.05) is 19.0 Å². The molecule has 10 heteroatoms. The van der Waals surface area contributed by atoms with Gasteiger partial charge in [0.1, 0.15) is 11.4 Å². The highest BCUT2D eigenvalue weighted by molar-refractivity contribution is 7.88. The van der Waals surface area contributed by atoms with Crippen molar-refractivity contribution in [1.29, 1.82) is 0 Å². The predicted octanol–water partition coefficient (Wildman–Crippen LogP) is 1.07. The minimum atomic E-state index is -3.24. The first kappa shape index (κ1) is 19.1. The maximum absolute atomic E-state index is 12.3. The molecule has 0 N–H and O–H groups in total. The van der Waals surface area contributed by atoms with Crippen LogP contribution in [-0.2, 0) is 14.8 Å². The van der Waals surface area contributed by atoms with E-state index in [1.54, 1.807) is 6.20 Å². The number of piperazine rings is 1. The third kappa shape index (κ3) is 4.17. The average Bonchev–Trinajstić information content (AvgIpc) is 3.01. The zero-order valence-electron chi connectivity index (χ0n) is 15.6. The third-order valence-corrected chi connectivity index (χ3v) is 6.41. The highest BCUT2D eigenvalue weighted by Crippen LogP contribution is 2.29. The van der Waals surface area contributed by atoms with Gasteiger partial charge in [-0.05, 0) is 26.7 Å².